The van der Waals surface area contributed by atoms with Crippen LogP contribution in [0.15, 0.2) is 47.1 Å². The van der Waals surface area contributed by atoms with E-state index in [1.54, 1.807) is 6.07 Å². The number of furan rings is 1. The van der Waals surface area contributed by atoms with E-state index in [2.05, 4.69) is 20.5 Å². The predicted octanol–water partition coefficient (Wildman–Crippen LogP) is 2.37. The number of carbonyl (C=O) groups excluding carboxylic acids is 1. The number of rotatable bonds is 5. The van der Waals surface area contributed by atoms with Crippen molar-refractivity contribution in [1.29, 1.82) is 0 Å². The second-order valence-electron chi connectivity index (χ2n) is 4.30. The first-order chi connectivity index (χ1) is 10.7. The topological polar surface area (TPSA) is 93.0 Å². The molecule has 112 valence electrons. The van der Waals surface area contributed by atoms with Crippen molar-refractivity contribution in [3.8, 4) is 5.75 Å². The third kappa shape index (κ3) is 3.29. The number of nitrogens with one attached hydrogen (secondary N) is 2. The van der Waals surface area contributed by atoms with Crippen molar-refractivity contribution in [3.63, 3.8) is 0 Å². The summed E-state index contributed by atoms with van der Waals surface area (Å²) in [6.45, 7) is 0.126. The number of hydrogen-bond donors (Lipinski definition) is 2. The standard InChI is InChI=1S/C14H11FN4O3/c15-9-1-3-10(4-2-9)21-7-11-5-6-12(22-11)13(20)18-14-16-8-17-19-14/h1-6,8H,7H2,(H2,16,17,18,19,20). The van der Waals surface area contributed by atoms with Crippen LogP contribution in [0.3, 0.4) is 0 Å². The molecule has 0 aliphatic carbocycles. The molecule has 0 aliphatic heterocycles. The van der Waals surface area contributed by atoms with E-state index in [1.807, 2.05) is 0 Å². The van der Waals surface area contributed by atoms with Gasteiger partial charge in [-0.1, -0.05) is 0 Å². The number of halogens is 1. The molecule has 3 rings (SSSR count). The van der Waals surface area contributed by atoms with Crippen molar-refractivity contribution in [2.24, 2.45) is 0 Å². The third-order valence-corrected chi connectivity index (χ3v) is 2.73. The summed E-state index contributed by atoms with van der Waals surface area (Å²) in [5.74, 6) is 0.527. The van der Waals surface area contributed by atoms with Crippen LogP contribution in [0, 0.1) is 5.82 Å². The Morgan fingerprint density at radius 2 is 2.09 bits per heavy atom. The minimum Gasteiger partial charge on any atom is -0.486 e. The van der Waals surface area contributed by atoms with Crippen LogP contribution in [0.5, 0.6) is 5.75 Å². The Morgan fingerprint density at radius 3 is 2.82 bits per heavy atom. The smallest absolute Gasteiger partial charge is 0.293 e. The normalized spacial score (nSPS) is 10.4. The van der Waals surface area contributed by atoms with Crippen LogP contribution in [0.1, 0.15) is 16.3 Å². The third-order valence-electron chi connectivity index (χ3n) is 2.73. The SMILES string of the molecule is O=C(Nc1ncn[nH]1)c1ccc(COc2ccc(F)cc2)o1. The average Bonchev–Trinajstić information content (AvgIpc) is 3.18. The lowest BCUT2D eigenvalue weighted by Gasteiger charge is -2.03. The van der Waals surface area contributed by atoms with Crippen molar-refractivity contribution >= 4 is 11.9 Å². The summed E-state index contributed by atoms with van der Waals surface area (Å²) in [4.78, 5) is 15.6. The molecule has 0 saturated carbocycles. The van der Waals surface area contributed by atoms with Crippen molar-refractivity contribution in [2.75, 3.05) is 5.32 Å². The Bertz CT molecular complexity index is 753. The molecule has 1 aromatic carbocycles. The maximum Gasteiger partial charge on any atom is 0.293 e. The van der Waals surface area contributed by atoms with Gasteiger partial charge in [0, 0.05) is 0 Å². The van der Waals surface area contributed by atoms with Gasteiger partial charge in [-0.15, -0.1) is 0 Å². The molecule has 0 bridgehead atoms. The summed E-state index contributed by atoms with van der Waals surface area (Å²) in [6.07, 6.45) is 1.28. The molecule has 0 spiro atoms. The van der Waals surface area contributed by atoms with E-state index in [0.717, 1.165) is 0 Å². The van der Waals surface area contributed by atoms with Crippen LogP contribution < -0.4 is 10.1 Å². The fourth-order valence-corrected chi connectivity index (χ4v) is 1.70. The van der Waals surface area contributed by atoms with Crippen LogP contribution >= 0.6 is 0 Å². The van der Waals surface area contributed by atoms with E-state index in [9.17, 15) is 9.18 Å². The molecule has 22 heavy (non-hydrogen) atoms. The second-order valence-corrected chi connectivity index (χ2v) is 4.30. The highest BCUT2D eigenvalue weighted by Gasteiger charge is 2.13. The molecule has 2 aromatic heterocycles. The average molecular weight is 302 g/mol. The van der Waals surface area contributed by atoms with Gasteiger partial charge >= 0.3 is 0 Å². The minimum atomic E-state index is -0.454. The van der Waals surface area contributed by atoms with Gasteiger partial charge in [0.2, 0.25) is 5.95 Å². The Labute approximate surface area is 124 Å². The van der Waals surface area contributed by atoms with Crippen LogP contribution in [0.25, 0.3) is 0 Å². The van der Waals surface area contributed by atoms with E-state index in [0.29, 0.717) is 11.5 Å². The summed E-state index contributed by atoms with van der Waals surface area (Å²) >= 11 is 0. The monoisotopic (exact) mass is 302 g/mol. The number of aromatic nitrogens is 3. The maximum absolute atomic E-state index is 12.8. The van der Waals surface area contributed by atoms with E-state index in [4.69, 9.17) is 9.15 Å². The van der Waals surface area contributed by atoms with Crippen LogP contribution in [-0.4, -0.2) is 21.1 Å². The predicted molar refractivity (Wildman–Crippen MR) is 73.8 cm³/mol. The summed E-state index contributed by atoms with van der Waals surface area (Å²) in [7, 11) is 0. The Hall–Kier alpha value is -3.16. The van der Waals surface area contributed by atoms with E-state index in [-0.39, 0.29) is 24.1 Å². The van der Waals surface area contributed by atoms with Gasteiger partial charge in [-0.3, -0.25) is 10.1 Å². The maximum atomic E-state index is 12.8. The Balaban J connectivity index is 1.58. The highest BCUT2D eigenvalue weighted by atomic mass is 19.1. The Kier molecular flexibility index (Phi) is 3.82. The van der Waals surface area contributed by atoms with Gasteiger partial charge in [0.15, 0.2) is 5.76 Å². The molecule has 2 heterocycles. The fourth-order valence-electron chi connectivity index (χ4n) is 1.70. The second kappa shape index (κ2) is 6.08. The van der Waals surface area contributed by atoms with Crippen LogP contribution in [-0.2, 0) is 6.61 Å². The molecule has 7 nitrogen and oxygen atoms in total. The van der Waals surface area contributed by atoms with Crippen molar-refractivity contribution in [2.45, 2.75) is 6.61 Å². The van der Waals surface area contributed by atoms with Crippen molar-refractivity contribution in [3.05, 3.63) is 60.1 Å². The summed E-state index contributed by atoms with van der Waals surface area (Å²) < 4.78 is 23.6. The van der Waals surface area contributed by atoms with Gasteiger partial charge in [0.1, 0.15) is 30.3 Å². The first-order valence-corrected chi connectivity index (χ1v) is 6.34. The zero-order valence-corrected chi connectivity index (χ0v) is 11.2. The number of anilines is 1. The van der Waals surface area contributed by atoms with Gasteiger partial charge < -0.3 is 9.15 Å². The summed E-state index contributed by atoms with van der Waals surface area (Å²) in [5, 5.41) is 8.61. The zero-order valence-electron chi connectivity index (χ0n) is 11.2. The molecule has 2 N–H and O–H groups in total. The number of nitrogens with zero attached hydrogens (tertiary/aromatic N) is 2. The number of carbonyl (C=O) groups is 1. The lowest BCUT2D eigenvalue weighted by Crippen LogP contribution is -2.12. The van der Waals surface area contributed by atoms with Gasteiger partial charge in [-0.2, -0.15) is 10.1 Å². The molecule has 0 aliphatic rings. The lowest BCUT2D eigenvalue weighted by atomic mass is 10.3. The number of H-pyrrole nitrogens is 1. The quantitative estimate of drug-likeness (QED) is 0.754. The lowest BCUT2D eigenvalue weighted by molar-refractivity contribution is 0.0992. The largest absolute Gasteiger partial charge is 0.486 e. The molecule has 0 fully saturated rings. The zero-order chi connectivity index (χ0) is 15.4. The van der Waals surface area contributed by atoms with E-state index < -0.39 is 5.91 Å². The molecule has 0 atom stereocenters. The number of aromatic amines is 1. The van der Waals surface area contributed by atoms with Gasteiger partial charge in [0.05, 0.1) is 0 Å². The summed E-state index contributed by atoms with van der Waals surface area (Å²) in [5.41, 5.74) is 0. The highest BCUT2D eigenvalue weighted by molar-refractivity contribution is 6.01. The molecular weight excluding hydrogens is 291 g/mol. The van der Waals surface area contributed by atoms with Crippen molar-refractivity contribution in [1.82, 2.24) is 15.2 Å². The van der Waals surface area contributed by atoms with E-state index in [1.165, 1.54) is 36.7 Å². The first kappa shape index (κ1) is 13.8. The first-order valence-electron chi connectivity index (χ1n) is 6.34. The van der Waals surface area contributed by atoms with Crippen LogP contribution in [0.4, 0.5) is 10.3 Å². The number of benzene rings is 1. The minimum absolute atomic E-state index is 0.120. The fraction of sp³-hybridized carbons (Fsp3) is 0.0714. The molecule has 3 aromatic rings. The number of amides is 1. The van der Waals surface area contributed by atoms with Gasteiger partial charge in [0.25, 0.3) is 5.91 Å². The van der Waals surface area contributed by atoms with Gasteiger partial charge in [-0.25, -0.2) is 9.49 Å². The Morgan fingerprint density at radius 1 is 1.27 bits per heavy atom. The summed E-state index contributed by atoms with van der Waals surface area (Å²) in [6, 6.07) is 8.76. The molecule has 0 saturated heterocycles. The van der Waals surface area contributed by atoms with E-state index >= 15 is 0 Å². The number of ether oxygens (including phenoxy) is 1. The van der Waals surface area contributed by atoms with Crippen molar-refractivity contribution < 1.29 is 18.3 Å². The molecule has 8 heteroatoms. The number of hydrogen-bond acceptors (Lipinski definition) is 5. The molecule has 0 radical (unpaired) electrons. The molecule has 1 amide bonds. The van der Waals surface area contributed by atoms with Crippen LogP contribution in [0.2, 0.25) is 0 Å². The van der Waals surface area contributed by atoms with Gasteiger partial charge in [-0.05, 0) is 36.4 Å². The molecular formula is C14H11FN4O3. The molecule has 0 unspecified atom stereocenters. The highest BCUT2D eigenvalue weighted by Crippen LogP contribution is 2.15.